The van der Waals surface area contributed by atoms with Crippen molar-refractivity contribution in [1.82, 2.24) is 15.1 Å². The standard InChI is InChI=1S/C19H30N4O.2ClH/c1-21(13-9-19(24)22-14-10-20-11-15-22)18-8-5-12-23(16-18)17-6-3-2-4-7-17;;/h2-4,6-7,18,20H,5,8-16H2,1H3;2*1H. The van der Waals surface area contributed by atoms with E-state index in [0.717, 1.165) is 45.8 Å². The molecule has 2 fully saturated rings. The van der Waals surface area contributed by atoms with Gasteiger partial charge in [0.05, 0.1) is 0 Å². The van der Waals surface area contributed by atoms with Crippen LogP contribution in [-0.4, -0.2) is 74.6 Å². The molecule has 0 saturated carbocycles. The number of amides is 1. The number of para-hydroxylation sites is 1. The number of piperidine rings is 1. The average Bonchev–Trinajstić information content (AvgIpc) is 2.67. The highest BCUT2D eigenvalue weighted by Crippen LogP contribution is 2.21. The normalized spacial score (nSPS) is 20.3. The van der Waals surface area contributed by atoms with Crippen LogP contribution in [0.2, 0.25) is 0 Å². The van der Waals surface area contributed by atoms with Gasteiger partial charge in [-0.05, 0) is 32.0 Å². The molecule has 0 spiro atoms. The average molecular weight is 403 g/mol. The summed E-state index contributed by atoms with van der Waals surface area (Å²) in [5.41, 5.74) is 1.31. The van der Waals surface area contributed by atoms with E-state index in [0.29, 0.717) is 18.4 Å². The summed E-state index contributed by atoms with van der Waals surface area (Å²) in [4.78, 5) is 19.2. The monoisotopic (exact) mass is 402 g/mol. The molecule has 2 heterocycles. The number of rotatable bonds is 5. The fraction of sp³-hybridized carbons (Fsp3) is 0.632. The molecule has 148 valence electrons. The quantitative estimate of drug-likeness (QED) is 0.819. The molecule has 1 unspecified atom stereocenters. The molecule has 0 aliphatic carbocycles. The summed E-state index contributed by atoms with van der Waals surface area (Å²) in [6, 6.07) is 11.2. The number of anilines is 1. The first-order chi connectivity index (χ1) is 11.7. The van der Waals surface area contributed by atoms with Gasteiger partial charge in [0, 0.05) is 64.0 Å². The van der Waals surface area contributed by atoms with Crippen molar-refractivity contribution in [1.29, 1.82) is 0 Å². The van der Waals surface area contributed by atoms with Crippen LogP contribution in [0, 0.1) is 0 Å². The summed E-state index contributed by atoms with van der Waals surface area (Å²) in [6.45, 7) is 6.61. The molecule has 0 aromatic heterocycles. The number of nitrogens with zero attached hydrogens (tertiary/aromatic N) is 3. The SMILES string of the molecule is CN(CCC(=O)N1CCNCC1)C1CCCN(c2ccccc2)C1.Cl.Cl. The lowest BCUT2D eigenvalue weighted by Gasteiger charge is -2.39. The Labute approximate surface area is 169 Å². The molecule has 0 bridgehead atoms. The van der Waals surface area contributed by atoms with Gasteiger partial charge in [0.15, 0.2) is 0 Å². The maximum absolute atomic E-state index is 12.3. The summed E-state index contributed by atoms with van der Waals surface area (Å²) in [5.74, 6) is 0.305. The topological polar surface area (TPSA) is 38.8 Å². The molecule has 7 heteroatoms. The van der Waals surface area contributed by atoms with Crippen LogP contribution in [0.15, 0.2) is 30.3 Å². The third-order valence-corrected chi connectivity index (χ3v) is 5.29. The third kappa shape index (κ3) is 6.31. The lowest BCUT2D eigenvalue weighted by atomic mass is 10.0. The minimum absolute atomic E-state index is 0. The first kappa shape index (κ1) is 23.0. The molecule has 3 rings (SSSR count). The van der Waals surface area contributed by atoms with Crippen molar-refractivity contribution in [3.05, 3.63) is 30.3 Å². The van der Waals surface area contributed by atoms with E-state index in [-0.39, 0.29) is 24.8 Å². The molecule has 5 nitrogen and oxygen atoms in total. The Kier molecular flexibility index (Phi) is 10.3. The van der Waals surface area contributed by atoms with E-state index in [1.165, 1.54) is 18.5 Å². The summed E-state index contributed by atoms with van der Waals surface area (Å²) >= 11 is 0. The van der Waals surface area contributed by atoms with Gasteiger partial charge in [0.2, 0.25) is 5.91 Å². The largest absolute Gasteiger partial charge is 0.370 e. The maximum Gasteiger partial charge on any atom is 0.223 e. The molecule has 0 radical (unpaired) electrons. The lowest BCUT2D eigenvalue weighted by molar-refractivity contribution is -0.132. The van der Waals surface area contributed by atoms with Crippen LogP contribution in [0.3, 0.4) is 0 Å². The van der Waals surface area contributed by atoms with Crippen LogP contribution in [0.5, 0.6) is 0 Å². The zero-order chi connectivity index (χ0) is 16.8. The van der Waals surface area contributed by atoms with E-state index in [1.807, 2.05) is 4.90 Å². The maximum atomic E-state index is 12.3. The van der Waals surface area contributed by atoms with Crippen LogP contribution in [0.1, 0.15) is 19.3 Å². The van der Waals surface area contributed by atoms with Crippen molar-refractivity contribution in [3.8, 4) is 0 Å². The van der Waals surface area contributed by atoms with Crippen LogP contribution in [0.25, 0.3) is 0 Å². The van der Waals surface area contributed by atoms with Crippen molar-refractivity contribution < 1.29 is 4.79 Å². The second-order valence-corrected chi connectivity index (χ2v) is 6.94. The molecule has 1 N–H and O–H groups in total. The summed E-state index contributed by atoms with van der Waals surface area (Å²) in [6.07, 6.45) is 3.08. The summed E-state index contributed by atoms with van der Waals surface area (Å²) in [7, 11) is 2.17. The predicted octanol–water partition coefficient (Wildman–Crippen LogP) is 2.25. The summed E-state index contributed by atoms with van der Waals surface area (Å²) in [5, 5.41) is 3.30. The number of carbonyl (C=O) groups is 1. The second-order valence-electron chi connectivity index (χ2n) is 6.94. The van der Waals surface area contributed by atoms with Crippen LogP contribution >= 0.6 is 24.8 Å². The first-order valence-electron chi connectivity index (χ1n) is 9.23. The molecule has 2 aliphatic rings. The van der Waals surface area contributed by atoms with Crippen LogP contribution in [0.4, 0.5) is 5.69 Å². The highest BCUT2D eigenvalue weighted by molar-refractivity contribution is 5.85. The summed E-state index contributed by atoms with van der Waals surface area (Å²) < 4.78 is 0. The molecule has 26 heavy (non-hydrogen) atoms. The van der Waals surface area contributed by atoms with E-state index < -0.39 is 0 Å². The Bertz CT molecular complexity index is 526. The van der Waals surface area contributed by atoms with Gasteiger partial charge in [-0.1, -0.05) is 18.2 Å². The van der Waals surface area contributed by atoms with Crippen molar-refractivity contribution in [2.75, 3.05) is 57.8 Å². The lowest BCUT2D eigenvalue weighted by Crippen LogP contribution is -2.49. The Morgan fingerprint density at radius 2 is 1.85 bits per heavy atom. The van der Waals surface area contributed by atoms with Gasteiger partial charge in [-0.3, -0.25) is 4.79 Å². The number of benzene rings is 1. The zero-order valence-electron chi connectivity index (χ0n) is 15.6. The molecular weight excluding hydrogens is 371 g/mol. The van der Waals surface area contributed by atoms with E-state index in [1.54, 1.807) is 0 Å². The van der Waals surface area contributed by atoms with Gasteiger partial charge in [0.1, 0.15) is 0 Å². The molecule has 1 aromatic carbocycles. The van der Waals surface area contributed by atoms with E-state index in [4.69, 9.17) is 0 Å². The second kappa shape index (κ2) is 11.7. The van der Waals surface area contributed by atoms with Crippen molar-refractivity contribution in [2.24, 2.45) is 0 Å². The Balaban J connectivity index is 0.00000169. The van der Waals surface area contributed by atoms with Crippen molar-refractivity contribution >= 4 is 36.4 Å². The number of hydrogen-bond acceptors (Lipinski definition) is 4. The first-order valence-corrected chi connectivity index (χ1v) is 9.23. The van der Waals surface area contributed by atoms with Crippen molar-refractivity contribution in [3.63, 3.8) is 0 Å². The molecule has 2 saturated heterocycles. The molecule has 2 aliphatic heterocycles. The molecule has 1 amide bonds. The fourth-order valence-electron chi connectivity index (χ4n) is 3.71. The Morgan fingerprint density at radius 1 is 1.15 bits per heavy atom. The van der Waals surface area contributed by atoms with Gasteiger partial charge < -0.3 is 20.0 Å². The number of halogens is 2. The fourth-order valence-corrected chi connectivity index (χ4v) is 3.71. The zero-order valence-corrected chi connectivity index (χ0v) is 17.2. The third-order valence-electron chi connectivity index (χ3n) is 5.29. The number of nitrogens with one attached hydrogen (secondary N) is 1. The van der Waals surface area contributed by atoms with E-state index in [9.17, 15) is 4.79 Å². The highest BCUT2D eigenvalue weighted by Gasteiger charge is 2.24. The minimum Gasteiger partial charge on any atom is -0.370 e. The van der Waals surface area contributed by atoms with Crippen LogP contribution in [-0.2, 0) is 4.79 Å². The molecule has 1 aromatic rings. The van der Waals surface area contributed by atoms with E-state index in [2.05, 4.69) is 52.5 Å². The van der Waals surface area contributed by atoms with Gasteiger partial charge in [0.25, 0.3) is 0 Å². The van der Waals surface area contributed by atoms with E-state index >= 15 is 0 Å². The van der Waals surface area contributed by atoms with Gasteiger partial charge in [-0.25, -0.2) is 0 Å². The number of piperazine rings is 1. The minimum atomic E-state index is 0. The predicted molar refractivity (Wildman–Crippen MR) is 113 cm³/mol. The highest BCUT2D eigenvalue weighted by atomic mass is 35.5. The smallest absolute Gasteiger partial charge is 0.223 e. The van der Waals surface area contributed by atoms with Crippen LogP contribution < -0.4 is 10.2 Å². The molecular formula is C19H32Cl2N4O. The molecule has 1 atom stereocenters. The van der Waals surface area contributed by atoms with Gasteiger partial charge in [-0.2, -0.15) is 0 Å². The number of hydrogen-bond donors (Lipinski definition) is 1. The van der Waals surface area contributed by atoms with Gasteiger partial charge >= 0.3 is 0 Å². The number of likely N-dealkylation sites (N-methyl/N-ethyl adjacent to an activating group) is 1. The Morgan fingerprint density at radius 3 is 2.54 bits per heavy atom. The number of carbonyl (C=O) groups excluding carboxylic acids is 1. The van der Waals surface area contributed by atoms with Gasteiger partial charge in [-0.15, -0.1) is 24.8 Å². The Hall–Kier alpha value is -1.01. The van der Waals surface area contributed by atoms with Crippen molar-refractivity contribution in [2.45, 2.75) is 25.3 Å².